The van der Waals surface area contributed by atoms with Crippen molar-refractivity contribution in [3.63, 3.8) is 0 Å². The molecule has 1 fully saturated rings. The molecule has 3 heterocycles. The lowest BCUT2D eigenvalue weighted by Crippen LogP contribution is -2.35. The number of hydrogen-bond acceptors (Lipinski definition) is 10. The summed E-state index contributed by atoms with van der Waals surface area (Å²) in [5, 5.41) is 11.0. The first kappa shape index (κ1) is 27.3. The zero-order valence-corrected chi connectivity index (χ0v) is 23.3. The maximum atomic E-state index is 13.2. The van der Waals surface area contributed by atoms with Crippen LogP contribution < -0.4 is 19.5 Å². The van der Waals surface area contributed by atoms with Crippen molar-refractivity contribution in [1.82, 2.24) is 14.5 Å². The predicted molar refractivity (Wildman–Crippen MR) is 144 cm³/mol. The fraction of sp³-hybridized carbons (Fsp3) is 0.423. The van der Waals surface area contributed by atoms with E-state index in [2.05, 4.69) is 15.5 Å². The van der Waals surface area contributed by atoms with Gasteiger partial charge in [-0.1, -0.05) is 30.3 Å². The summed E-state index contributed by atoms with van der Waals surface area (Å²) in [5.74, 6) is 1.44. The molecule has 2 aromatic carbocycles. The van der Waals surface area contributed by atoms with Crippen LogP contribution in [0.25, 0.3) is 0 Å². The number of carbonyl (C=O) groups excluding carboxylic acids is 1. The van der Waals surface area contributed by atoms with E-state index in [1.165, 1.54) is 16.4 Å². The normalized spacial score (nSPS) is 17.7. The van der Waals surface area contributed by atoms with Gasteiger partial charge in [0.05, 0.1) is 22.4 Å². The van der Waals surface area contributed by atoms with Crippen molar-refractivity contribution in [3.8, 4) is 17.2 Å². The van der Waals surface area contributed by atoms with Gasteiger partial charge in [0.15, 0.2) is 11.5 Å². The van der Waals surface area contributed by atoms with Crippen LogP contribution in [0.3, 0.4) is 0 Å². The highest BCUT2D eigenvalue weighted by molar-refractivity contribution is 7.99. The quantitative estimate of drug-likeness (QED) is 0.369. The SMILES string of the molecule is CC(C)Oc1ccc(S(=O)(=O)N2CCCCC2)cc1NC(=O)CSc1nnc(C2COc3ccccc3O2)o1. The summed E-state index contributed by atoms with van der Waals surface area (Å²) in [7, 11) is -3.68. The molecule has 0 saturated carbocycles. The second-order valence-corrected chi connectivity index (χ2v) is 12.3. The molecular weight excluding hydrogens is 544 g/mol. The highest BCUT2D eigenvalue weighted by atomic mass is 32.2. The molecule has 1 saturated heterocycles. The summed E-state index contributed by atoms with van der Waals surface area (Å²) in [5.41, 5.74) is 0.282. The van der Waals surface area contributed by atoms with Crippen molar-refractivity contribution in [2.75, 3.05) is 30.8 Å². The molecule has 5 rings (SSSR count). The second kappa shape index (κ2) is 11.8. The Morgan fingerprint density at radius 3 is 2.67 bits per heavy atom. The number of nitrogens with zero attached hydrogens (tertiary/aromatic N) is 3. The van der Waals surface area contributed by atoms with Crippen LogP contribution in [0.15, 0.2) is 57.0 Å². The molecule has 1 unspecified atom stereocenters. The Morgan fingerprint density at radius 2 is 1.90 bits per heavy atom. The monoisotopic (exact) mass is 574 g/mol. The summed E-state index contributed by atoms with van der Waals surface area (Å²) in [6.07, 6.45) is 1.95. The van der Waals surface area contributed by atoms with E-state index in [-0.39, 0.29) is 46.1 Å². The van der Waals surface area contributed by atoms with Gasteiger partial charge in [0, 0.05) is 13.1 Å². The third-order valence-electron chi connectivity index (χ3n) is 6.07. The van der Waals surface area contributed by atoms with E-state index in [1.807, 2.05) is 32.0 Å². The van der Waals surface area contributed by atoms with Crippen LogP contribution in [0, 0.1) is 0 Å². The fourth-order valence-electron chi connectivity index (χ4n) is 4.24. The van der Waals surface area contributed by atoms with Crippen molar-refractivity contribution >= 4 is 33.4 Å². The van der Waals surface area contributed by atoms with Gasteiger partial charge in [0.25, 0.3) is 11.1 Å². The summed E-state index contributed by atoms with van der Waals surface area (Å²) >= 11 is 1.05. The van der Waals surface area contributed by atoms with Gasteiger partial charge in [-0.15, -0.1) is 10.2 Å². The number of nitrogens with one attached hydrogen (secondary N) is 1. The van der Waals surface area contributed by atoms with Gasteiger partial charge in [0.2, 0.25) is 22.0 Å². The van der Waals surface area contributed by atoms with Crippen molar-refractivity contribution in [2.45, 2.75) is 55.4 Å². The molecule has 0 bridgehead atoms. The number of para-hydroxylation sites is 2. The molecule has 13 heteroatoms. The molecule has 0 spiro atoms. The molecule has 0 aliphatic carbocycles. The summed E-state index contributed by atoms with van der Waals surface area (Å²) in [4.78, 5) is 13.0. The Balaban J connectivity index is 1.24. The lowest BCUT2D eigenvalue weighted by molar-refractivity contribution is -0.113. The number of sulfonamides is 1. The van der Waals surface area contributed by atoms with Gasteiger partial charge in [-0.2, -0.15) is 4.31 Å². The van der Waals surface area contributed by atoms with Crippen molar-refractivity contribution in [2.24, 2.45) is 0 Å². The van der Waals surface area contributed by atoms with Gasteiger partial charge in [-0.3, -0.25) is 4.79 Å². The van der Waals surface area contributed by atoms with E-state index in [0.29, 0.717) is 30.3 Å². The van der Waals surface area contributed by atoms with Gasteiger partial charge in [0.1, 0.15) is 12.4 Å². The number of amides is 1. The molecule has 0 radical (unpaired) electrons. The van der Waals surface area contributed by atoms with E-state index in [1.54, 1.807) is 12.1 Å². The smallest absolute Gasteiger partial charge is 0.277 e. The third kappa shape index (κ3) is 6.48. The van der Waals surface area contributed by atoms with Gasteiger partial charge < -0.3 is 23.9 Å². The Bertz CT molecular complexity index is 1420. The standard InChI is InChI=1S/C26H30N4O7S2/c1-17(2)35-20-11-10-18(39(32,33)30-12-6-3-7-13-30)14-19(20)27-24(31)16-38-26-29-28-25(37-26)23-15-34-21-8-4-5-9-22(21)36-23/h4-5,8-11,14,17,23H,3,6-7,12-13,15-16H2,1-2H3,(H,27,31). The summed E-state index contributed by atoms with van der Waals surface area (Å²) in [6, 6.07) is 11.9. The zero-order valence-electron chi connectivity index (χ0n) is 21.7. The van der Waals surface area contributed by atoms with Crippen LogP contribution in [0.1, 0.15) is 45.1 Å². The number of hydrogen-bond donors (Lipinski definition) is 1. The number of anilines is 1. The van der Waals surface area contributed by atoms with E-state index >= 15 is 0 Å². The zero-order chi connectivity index (χ0) is 27.4. The highest BCUT2D eigenvalue weighted by Crippen LogP contribution is 2.36. The molecule has 208 valence electrons. The largest absolute Gasteiger partial charge is 0.489 e. The Morgan fingerprint density at radius 1 is 1.13 bits per heavy atom. The Hall–Kier alpha value is -3.29. The number of benzene rings is 2. The van der Waals surface area contributed by atoms with Crippen molar-refractivity contribution in [3.05, 3.63) is 48.4 Å². The molecule has 2 aliphatic heterocycles. The molecule has 1 aromatic heterocycles. The topological polar surface area (TPSA) is 133 Å². The van der Waals surface area contributed by atoms with Crippen LogP contribution in [0.4, 0.5) is 5.69 Å². The number of thioether (sulfide) groups is 1. The van der Waals surface area contributed by atoms with Crippen molar-refractivity contribution in [1.29, 1.82) is 0 Å². The summed E-state index contributed by atoms with van der Waals surface area (Å²) < 4.78 is 51.0. The Kier molecular flexibility index (Phi) is 8.29. The van der Waals surface area contributed by atoms with Crippen LogP contribution in [-0.2, 0) is 14.8 Å². The number of fused-ring (bicyclic) bond motifs is 1. The number of rotatable bonds is 9. The van der Waals surface area contributed by atoms with Gasteiger partial charge >= 0.3 is 0 Å². The van der Waals surface area contributed by atoms with Gasteiger partial charge in [-0.05, 0) is 57.0 Å². The minimum absolute atomic E-state index is 0.0449. The maximum Gasteiger partial charge on any atom is 0.277 e. The first-order valence-electron chi connectivity index (χ1n) is 12.7. The number of aromatic nitrogens is 2. The highest BCUT2D eigenvalue weighted by Gasteiger charge is 2.29. The first-order valence-corrected chi connectivity index (χ1v) is 15.2. The first-order chi connectivity index (χ1) is 18.8. The number of ether oxygens (including phenoxy) is 3. The Labute approximate surface area is 231 Å². The number of carbonyl (C=O) groups is 1. The minimum atomic E-state index is -3.68. The molecule has 11 nitrogen and oxygen atoms in total. The lowest BCUT2D eigenvalue weighted by atomic mass is 10.2. The van der Waals surface area contributed by atoms with Crippen molar-refractivity contribution < 1.29 is 31.8 Å². The fourth-order valence-corrected chi connectivity index (χ4v) is 6.36. The van der Waals surface area contributed by atoms with Crippen LogP contribution in [-0.4, -0.2) is 60.4 Å². The minimum Gasteiger partial charge on any atom is -0.489 e. The average molecular weight is 575 g/mol. The third-order valence-corrected chi connectivity index (χ3v) is 8.79. The molecular formula is C26H30N4O7S2. The van der Waals surface area contributed by atoms with E-state index < -0.39 is 16.1 Å². The summed E-state index contributed by atoms with van der Waals surface area (Å²) in [6.45, 7) is 4.90. The maximum absolute atomic E-state index is 13.2. The van der Waals surface area contributed by atoms with E-state index in [9.17, 15) is 13.2 Å². The average Bonchev–Trinajstić information content (AvgIpc) is 3.42. The predicted octanol–water partition coefficient (Wildman–Crippen LogP) is 4.27. The molecule has 1 atom stereocenters. The molecule has 1 amide bonds. The van der Waals surface area contributed by atoms with E-state index in [0.717, 1.165) is 31.0 Å². The molecule has 3 aromatic rings. The van der Waals surface area contributed by atoms with Gasteiger partial charge in [-0.25, -0.2) is 8.42 Å². The molecule has 1 N–H and O–H groups in total. The molecule has 39 heavy (non-hydrogen) atoms. The number of piperidine rings is 1. The van der Waals surface area contributed by atoms with Crippen LogP contribution in [0.2, 0.25) is 0 Å². The second-order valence-electron chi connectivity index (χ2n) is 9.40. The molecule has 2 aliphatic rings. The lowest BCUT2D eigenvalue weighted by Gasteiger charge is -2.26. The van der Waals surface area contributed by atoms with Crippen LogP contribution in [0.5, 0.6) is 17.2 Å². The van der Waals surface area contributed by atoms with E-state index in [4.69, 9.17) is 18.6 Å². The van der Waals surface area contributed by atoms with Crippen LogP contribution >= 0.6 is 11.8 Å².